The number of phenols is 2. The molecule has 2 aromatic rings. The zero-order valence-electron chi connectivity index (χ0n) is 11.1. The maximum atomic E-state index is 11.8. The van der Waals surface area contributed by atoms with Crippen molar-refractivity contribution in [3.05, 3.63) is 63.7 Å². The number of rotatable bonds is 4. The van der Waals surface area contributed by atoms with E-state index in [0.29, 0.717) is 0 Å². The molecule has 0 unspecified atom stereocenters. The quantitative estimate of drug-likeness (QED) is 0.343. The van der Waals surface area contributed by atoms with Crippen molar-refractivity contribution in [1.29, 1.82) is 0 Å². The number of hydrogen-bond donors (Lipinski definition) is 3. The molecule has 0 fully saturated rings. The van der Waals surface area contributed by atoms with Crippen molar-refractivity contribution >= 4 is 17.8 Å². The summed E-state index contributed by atoms with van der Waals surface area (Å²) in [6, 6.07) is 9.47. The Hall–Kier alpha value is -3.42. The summed E-state index contributed by atoms with van der Waals surface area (Å²) in [5, 5.41) is 32.9. The van der Waals surface area contributed by atoms with Crippen LogP contribution in [-0.4, -0.2) is 27.3 Å². The summed E-state index contributed by atoms with van der Waals surface area (Å²) < 4.78 is 0. The van der Waals surface area contributed by atoms with Crippen LogP contribution in [0.2, 0.25) is 0 Å². The number of carbonyl (C=O) groups excluding carboxylic acids is 1. The summed E-state index contributed by atoms with van der Waals surface area (Å²) >= 11 is 0. The van der Waals surface area contributed by atoms with Crippen molar-refractivity contribution in [2.24, 2.45) is 5.10 Å². The molecule has 8 nitrogen and oxygen atoms in total. The van der Waals surface area contributed by atoms with Gasteiger partial charge in [-0.15, -0.1) is 0 Å². The first-order valence-electron chi connectivity index (χ1n) is 6.08. The van der Waals surface area contributed by atoms with E-state index < -0.39 is 16.6 Å². The molecule has 0 spiro atoms. The van der Waals surface area contributed by atoms with Gasteiger partial charge in [0.05, 0.1) is 16.7 Å². The first-order valence-corrected chi connectivity index (χ1v) is 6.08. The summed E-state index contributed by atoms with van der Waals surface area (Å²) in [7, 11) is 0. The Kier molecular flexibility index (Phi) is 4.33. The standard InChI is InChI=1S/C14H11N3O5/c18-12-6-5-9(7-13(12)19)14(20)16-15-8-10-3-1-2-4-11(10)17(21)22/h1-8,18-19H,(H,16,20)/b15-8+. The molecule has 112 valence electrons. The molecule has 0 radical (unpaired) electrons. The first-order chi connectivity index (χ1) is 10.5. The highest BCUT2D eigenvalue weighted by atomic mass is 16.6. The van der Waals surface area contributed by atoms with Gasteiger partial charge in [-0.3, -0.25) is 14.9 Å². The number of nitro groups is 1. The van der Waals surface area contributed by atoms with E-state index in [4.69, 9.17) is 5.11 Å². The van der Waals surface area contributed by atoms with Crippen LogP contribution in [0.1, 0.15) is 15.9 Å². The van der Waals surface area contributed by atoms with Crippen LogP contribution in [0.5, 0.6) is 11.5 Å². The Balaban J connectivity index is 2.11. The summed E-state index contributed by atoms with van der Waals surface area (Å²) in [6.45, 7) is 0. The van der Waals surface area contributed by atoms with Crippen LogP contribution < -0.4 is 5.43 Å². The zero-order valence-corrected chi connectivity index (χ0v) is 11.1. The fraction of sp³-hybridized carbons (Fsp3) is 0. The van der Waals surface area contributed by atoms with Gasteiger partial charge in [-0.25, -0.2) is 5.43 Å². The monoisotopic (exact) mass is 301 g/mol. The number of nitrogens with zero attached hydrogens (tertiary/aromatic N) is 2. The Morgan fingerprint density at radius 3 is 2.59 bits per heavy atom. The lowest BCUT2D eigenvalue weighted by molar-refractivity contribution is -0.385. The number of benzene rings is 2. The van der Waals surface area contributed by atoms with Crippen molar-refractivity contribution in [3.63, 3.8) is 0 Å². The molecule has 2 aromatic carbocycles. The third kappa shape index (κ3) is 3.37. The van der Waals surface area contributed by atoms with Crippen molar-refractivity contribution < 1.29 is 19.9 Å². The summed E-state index contributed by atoms with van der Waals surface area (Å²) in [6.07, 6.45) is 1.15. The van der Waals surface area contributed by atoms with E-state index >= 15 is 0 Å². The number of aromatic hydroxyl groups is 2. The predicted octanol–water partition coefficient (Wildman–Crippen LogP) is 1.77. The van der Waals surface area contributed by atoms with E-state index in [-0.39, 0.29) is 22.6 Å². The molecule has 0 saturated carbocycles. The molecule has 2 rings (SSSR count). The second-order valence-corrected chi connectivity index (χ2v) is 4.22. The number of carbonyl (C=O) groups is 1. The highest BCUT2D eigenvalue weighted by Gasteiger charge is 2.11. The van der Waals surface area contributed by atoms with E-state index in [9.17, 15) is 20.0 Å². The number of nitrogens with one attached hydrogen (secondary N) is 1. The lowest BCUT2D eigenvalue weighted by Gasteiger charge is -2.02. The van der Waals surface area contributed by atoms with Gasteiger partial charge in [0.1, 0.15) is 0 Å². The molecule has 0 saturated heterocycles. The molecule has 0 atom stereocenters. The van der Waals surface area contributed by atoms with Gasteiger partial charge >= 0.3 is 0 Å². The van der Waals surface area contributed by atoms with Crippen molar-refractivity contribution in [2.75, 3.05) is 0 Å². The van der Waals surface area contributed by atoms with Crippen molar-refractivity contribution in [3.8, 4) is 11.5 Å². The smallest absolute Gasteiger partial charge is 0.278 e. The summed E-state index contributed by atoms with van der Waals surface area (Å²) in [5.74, 6) is -1.42. The van der Waals surface area contributed by atoms with Gasteiger partial charge in [-0.1, -0.05) is 12.1 Å². The minimum absolute atomic E-state index is 0.0787. The SMILES string of the molecule is O=C(N/N=C/c1ccccc1[N+](=O)[O-])c1ccc(O)c(O)c1. The first kappa shape index (κ1) is 15.0. The molecule has 22 heavy (non-hydrogen) atoms. The van der Waals surface area contributed by atoms with Crippen LogP contribution in [0.4, 0.5) is 5.69 Å². The average molecular weight is 301 g/mol. The van der Waals surface area contributed by atoms with Crippen molar-refractivity contribution in [2.45, 2.75) is 0 Å². The molecule has 0 aliphatic rings. The predicted molar refractivity (Wildman–Crippen MR) is 77.9 cm³/mol. The average Bonchev–Trinajstić information content (AvgIpc) is 2.50. The number of para-hydroxylation sites is 1. The topological polar surface area (TPSA) is 125 Å². The number of hydrogen-bond acceptors (Lipinski definition) is 6. The van der Waals surface area contributed by atoms with E-state index in [0.717, 1.165) is 18.3 Å². The molecular formula is C14H11N3O5. The van der Waals surface area contributed by atoms with Crippen molar-refractivity contribution in [1.82, 2.24) is 5.43 Å². The molecular weight excluding hydrogens is 290 g/mol. The van der Waals surface area contributed by atoms with E-state index in [1.165, 1.54) is 24.3 Å². The summed E-state index contributed by atoms with van der Waals surface area (Å²) in [5.41, 5.74) is 2.36. The van der Waals surface area contributed by atoms with Crippen LogP contribution in [0, 0.1) is 10.1 Å². The van der Waals surface area contributed by atoms with Gasteiger partial charge in [-0.2, -0.15) is 5.10 Å². The van der Waals surface area contributed by atoms with Gasteiger partial charge < -0.3 is 10.2 Å². The van der Waals surface area contributed by atoms with Gasteiger partial charge in [0.25, 0.3) is 11.6 Å². The highest BCUT2D eigenvalue weighted by molar-refractivity contribution is 5.95. The minimum atomic E-state index is -0.634. The second-order valence-electron chi connectivity index (χ2n) is 4.22. The van der Waals surface area contributed by atoms with E-state index in [1.807, 2.05) is 0 Å². The Morgan fingerprint density at radius 1 is 1.18 bits per heavy atom. The molecule has 0 aliphatic carbocycles. The minimum Gasteiger partial charge on any atom is -0.504 e. The van der Waals surface area contributed by atoms with E-state index in [1.54, 1.807) is 6.07 Å². The molecule has 0 heterocycles. The largest absolute Gasteiger partial charge is 0.504 e. The fourth-order valence-corrected chi connectivity index (χ4v) is 1.65. The maximum absolute atomic E-state index is 11.8. The number of nitro benzene ring substituents is 1. The van der Waals surface area contributed by atoms with Gasteiger partial charge in [0, 0.05) is 11.6 Å². The van der Waals surface area contributed by atoms with Crippen LogP contribution in [0.15, 0.2) is 47.6 Å². The fourth-order valence-electron chi connectivity index (χ4n) is 1.65. The van der Waals surface area contributed by atoms with Crippen LogP contribution in [0.25, 0.3) is 0 Å². The Bertz CT molecular complexity index is 758. The van der Waals surface area contributed by atoms with Gasteiger partial charge in [0.2, 0.25) is 0 Å². The molecule has 0 aromatic heterocycles. The van der Waals surface area contributed by atoms with Gasteiger partial charge in [0.15, 0.2) is 11.5 Å². The molecule has 3 N–H and O–H groups in total. The van der Waals surface area contributed by atoms with Crippen LogP contribution >= 0.6 is 0 Å². The number of phenolic OH excluding ortho intramolecular Hbond substituents is 2. The normalized spacial score (nSPS) is 10.5. The highest BCUT2D eigenvalue weighted by Crippen LogP contribution is 2.24. The number of hydrazone groups is 1. The second kappa shape index (κ2) is 6.35. The maximum Gasteiger partial charge on any atom is 0.278 e. The van der Waals surface area contributed by atoms with Gasteiger partial charge in [-0.05, 0) is 24.3 Å². The lowest BCUT2D eigenvalue weighted by atomic mass is 10.2. The Labute approximate surface area is 124 Å². The Morgan fingerprint density at radius 2 is 1.91 bits per heavy atom. The third-order valence-electron chi connectivity index (χ3n) is 2.74. The van der Waals surface area contributed by atoms with E-state index in [2.05, 4.69) is 10.5 Å². The lowest BCUT2D eigenvalue weighted by Crippen LogP contribution is -2.17. The summed E-state index contributed by atoms with van der Waals surface area (Å²) in [4.78, 5) is 22.0. The zero-order chi connectivity index (χ0) is 16.1. The molecule has 0 aliphatic heterocycles. The van der Waals surface area contributed by atoms with Crippen LogP contribution in [-0.2, 0) is 0 Å². The molecule has 0 bridgehead atoms. The number of amides is 1. The third-order valence-corrected chi connectivity index (χ3v) is 2.74. The van der Waals surface area contributed by atoms with Crippen LogP contribution in [0.3, 0.4) is 0 Å². The molecule has 8 heteroatoms. The molecule has 1 amide bonds.